The Morgan fingerprint density at radius 2 is 1.58 bits per heavy atom. The van der Waals surface area contributed by atoms with E-state index >= 15 is 0 Å². The number of rotatable bonds is 13. The molecule has 4 rings (SSSR count). The topological polar surface area (TPSA) is 59.8 Å². The van der Waals surface area contributed by atoms with Crippen LogP contribution in [0.3, 0.4) is 0 Å². The number of ether oxygens (including phenoxy) is 2. The molecule has 38 heavy (non-hydrogen) atoms. The third kappa shape index (κ3) is 7.51. The van der Waals surface area contributed by atoms with Gasteiger partial charge in [-0.1, -0.05) is 86.6 Å². The Balaban J connectivity index is 1.57. The standard InChI is InChI=1S/C31H36FN3O3/c1-23(2)18-35(19-26(36)22-37-21-24-12-6-4-7-13-24)20-27-30(25-14-8-5-9-15-25)33-34(3)31(27)38-29-17-11-10-16-28(29)32/h4-17,23,26,36H,18-22H2,1-3H3/t26-/m0/s1. The molecule has 0 amide bonds. The van der Waals surface area contributed by atoms with E-state index in [4.69, 9.17) is 14.6 Å². The molecule has 0 saturated heterocycles. The summed E-state index contributed by atoms with van der Waals surface area (Å²) in [4.78, 5) is 2.18. The van der Waals surface area contributed by atoms with E-state index in [1.807, 2.05) is 60.7 Å². The van der Waals surface area contributed by atoms with Crippen molar-refractivity contribution in [2.45, 2.75) is 33.1 Å². The number of aliphatic hydroxyl groups is 1. The first-order valence-electron chi connectivity index (χ1n) is 13.0. The third-order valence-electron chi connectivity index (χ3n) is 6.07. The van der Waals surface area contributed by atoms with E-state index in [1.165, 1.54) is 6.07 Å². The van der Waals surface area contributed by atoms with E-state index in [1.54, 1.807) is 29.9 Å². The molecule has 1 N–H and O–H groups in total. The number of hydrogen-bond donors (Lipinski definition) is 1. The van der Waals surface area contributed by atoms with Crippen LogP contribution in [0, 0.1) is 11.7 Å². The Morgan fingerprint density at radius 3 is 2.26 bits per heavy atom. The zero-order chi connectivity index (χ0) is 26.9. The Labute approximate surface area is 224 Å². The average molecular weight is 518 g/mol. The number of benzene rings is 3. The normalized spacial score (nSPS) is 12.3. The lowest BCUT2D eigenvalue weighted by Crippen LogP contribution is -2.37. The van der Waals surface area contributed by atoms with Crippen LogP contribution in [0.2, 0.25) is 0 Å². The van der Waals surface area contributed by atoms with Crippen LogP contribution in [-0.4, -0.2) is 45.6 Å². The molecule has 1 heterocycles. The van der Waals surface area contributed by atoms with E-state index in [9.17, 15) is 9.50 Å². The van der Waals surface area contributed by atoms with Crippen molar-refractivity contribution in [3.8, 4) is 22.9 Å². The maximum Gasteiger partial charge on any atom is 0.222 e. The zero-order valence-electron chi connectivity index (χ0n) is 22.3. The molecule has 0 aliphatic carbocycles. The molecule has 0 radical (unpaired) electrons. The number of aliphatic hydroxyl groups excluding tert-OH is 1. The van der Waals surface area contributed by atoms with Crippen LogP contribution in [0.25, 0.3) is 11.3 Å². The van der Waals surface area contributed by atoms with Gasteiger partial charge < -0.3 is 14.6 Å². The molecule has 1 atom stereocenters. The molecule has 3 aromatic carbocycles. The van der Waals surface area contributed by atoms with Gasteiger partial charge >= 0.3 is 0 Å². The number of aromatic nitrogens is 2. The molecule has 0 bridgehead atoms. The molecule has 0 unspecified atom stereocenters. The van der Waals surface area contributed by atoms with E-state index in [0.29, 0.717) is 31.5 Å². The summed E-state index contributed by atoms with van der Waals surface area (Å²) in [5, 5.41) is 15.6. The van der Waals surface area contributed by atoms with Crippen molar-refractivity contribution in [1.82, 2.24) is 14.7 Å². The van der Waals surface area contributed by atoms with Crippen molar-refractivity contribution >= 4 is 0 Å². The van der Waals surface area contributed by atoms with Crippen molar-refractivity contribution in [3.63, 3.8) is 0 Å². The highest BCUT2D eigenvalue weighted by molar-refractivity contribution is 5.65. The first-order chi connectivity index (χ1) is 18.4. The Kier molecular flexibility index (Phi) is 9.65. The van der Waals surface area contributed by atoms with Crippen LogP contribution in [0.5, 0.6) is 11.6 Å². The quantitative estimate of drug-likeness (QED) is 0.234. The first kappa shape index (κ1) is 27.5. The molecule has 0 fully saturated rings. The van der Waals surface area contributed by atoms with E-state index in [0.717, 1.165) is 28.9 Å². The molecule has 0 saturated carbocycles. The van der Waals surface area contributed by atoms with Gasteiger partial charge in [-0.25, -0.2) is 9.07 Å². The van der Waals surface area contributed by atoms with Crippen LogP contribution in [0.1, 0.15) is 25.0 Å². The summed E-state index contributed by atoms with van der Waals surface area (Å²) < 4.78 is 28.1. The molecule has 0 aliphatic rings. The second-order valence-corrected chi connectivity index (χ2v) is 9.90. The molecular formula is C31H36FN3O3. The minimum atomic E-state index is -0.676. The molecule has 1 aromatic heterocycles. The maximum atomic E-state index is 14.5. The summed E-state index contributed by atoms with van der Waals surface area (Å²) in [7, 11) is 1.80. The van der Waals surface area contributed by atoms with E-state index in [2.05, 4.69) is 18.7 Å². The van der Waals surface area contributed by atoms with Crippen LogP contribution in [-0.2, 0) is 24.9 Å². The van der Waals surface area contributed by atoms with Crippen LogP contribution >= 0.6 is 0 Å². The smallest absolute Gasteiger partial charge is 0.222 e. The van der Waals surface area contributed by atoms with Gasteiger partial charge in [-0.05, 0) is 23.6 Å². The van der Waals surface area contributed by atoms with Gasteiger partial charge in [-0.15, -0.1) is 0 Å². The molecular weight excluding hydrogens is 481 g/mol. The summed E-state index contributed by atoms with van der Waals surface area (Å²) in [6.45, 7) is 6.58. The van der Waals surface area contributed by atoms with Gasteiger partial charge in [0.15, 0.2) is 11.6 Å². The number of hydrogen-bond acceptors (Lipinski definition) is 5. The number of para-hydroxylation sites is 1. The van der Waals surface area contributed by atoms with Crippen molar-refractivity contribution < 1.29 is 19.0 Å². The maximum absolute atomic E-state index is 14.5. The van der Waals surface area contributed by atoms with Gasteiger partial charge in [0, 0.05) is 32.2 Å². The van der Waals surface area contributed by atoms with Crippen LogP contribution < -0.4 is 4.74 Å². The van der Waals surface area contributed by atoms with Crippen LogP contribution in [0.4, 0.5) is 4.39 Å². The Bertz CT molecular complexity index is 1280. The first-order valence-corrected chi connectivity index (χ1v) is 13.0. The fourth-order valence-corrected chi connectivity index (χ4v) is 4.46. The fraction of sp³-hybridized carbons (Fsp3) is 0.323. The molecule has 0 spiro atoms. The second kappa shape index (κ2) is 13.3. The molecule has 7 heteroatoms. The number of halogens is 1. The average Bonchev–Trinajstić information content (AvgIpc) is 3.20. The second-order valence-electron chi connectivity index (χ2n) is 9.90. The van der Waals surface area contributed by atoms with E-state index in [-0.39, 0.29) is 12.4 Å². The lowest BCUT2D eigenvalue weighted by molar-refractivity contribution is 0.00671. The largest absolute Gasteiger partial charge is 0.436 e. The van der Waals surface area contributed by atoms with E-state index < -0.39 is 11.9 Å². The summed E-state index contributed by atoms with van der Waals surface area (Å²) in [5.74, 6) is 0.532. The van der Waals surface area contributed by atoms with Crippen molar-refractivity contribution in [2.24, 2.45) is 13.0 Å². The SMILES string of the molecule is CC(C)CN(Cc1c(-c2ccccc2)nn(C)c1Oc1ccccc1F)C[C@H](O)COCc1ccccc1. The predicted molar refractivity (Wildman–Crippen MR) is 147 cm³/mol. The Hall–Kier alpha value is -3.52. The third-order valence-corrected chi connectivity index (χ3v) is 6.07. The van der Waals surface area contributed by atoms with Crippen molar-refractivity contribution in [1.29, 1.82) is 0 Å². The van der Waals surface area contributed by atoms with Gasteiger partial charge in [0.1, 0.15) is 5.69 Å². The monoisotopic (exact) mass is 517 g/mol. The van der Waals surface area contributed by atoms with Crippen molar-refractivity contribution in [2.75, 3.05) is 19.7 Å². The highest BCUT2D eigenvalue weighted by atomic mass is 19.1. The minimum Gasteiger partial charge on any atom is -0.436 e. The number of aryl methyl sites for hydroxylation is 1. The van der Waals surface area contributed by atoms with Gasteiger partial charge in [0.2, 0.25) is 5.88 Å². The molecule has 200 valence electrons. The molecule has 4 aromatic rings. The summed E-state index contributed by atoms with van der Waals surface area (Å²) >= 11 is 0. The predicted octanol–water partition coefficient (Wildman–Crippen LogP) is 6.05. The zero-order valence-corrected chi connectivity index (χ0v) is 22.3. The Morgan fingerprint density at radius 1 is 0.921 bits per heavy atom. The van der Waals surface area contributed by atoms with Gasteiger partial charge in [0.05, 0.1) is 24.9 Å². The highest BCUT2D eigenvalue weighted by Crippen LogP contribution is 2.35. The lowest BCUT2D eigenvalue weighted by atomic mass is 10.1. The molecule has 6 nitrogen and oxygen atoms in total. The molecule has 0 aliphatic heterocycles. The summed E-state index contributed by atoms with van der Waals surface area (Å²) in [6, 6.07) is 26.1. The lowest BCUT2D eigenvalue weighted by Gasteiger charge is -2.27. The fourth-order valence-electron chi connectivity index (χ4n) is 4.46. The number of nitrogens with zero attached hydrogens (tertiary/aromatic N) is 3. The van der Waals surface area contributed by atoms with Gasteiger partial charge in [0.25, 0.3) is 0 Å². The summed E-state index contributed by atoms with van der Waals surface area (Å²) in [5.41, 5.74) is 3.61. The minimum absolute atomic E-state index is 0.140. The summed E-state index contributed by atoms with van der Waals surface area (Å²) in [6.07, 6.45) is -0.676. The van der Waals surface area contributed by atoms with Gasteiger partial charge in [-0.2, -0.15) is 5.10 Å². The highest BCUT2D eigenvalue weighted by Gasteiger charge is 2.24. The van der Waals surface area contributed by atoms with Crippen molar-refractivity contribution in [3.05, 3.63) is 102 Å². The van der Waals surface area contributed by atoms with Gasteiger partial charge in [-0.3, -0.25) is 4.90 Å². The van der Waals surface area contributed by atoms with Crippen LogP contribution in [0.15, 0.2) is 84.9 Å².